The van der Waals surface area contributed by atoms with E-state index >= 15 is 0 Å². The second-order valence-electron chi connectivity index (χ2n) is 3.91. The molecule has 2 aromatic rings. The summed E-state index contributed by atoms with van der Waals surface area (Å²) < 4.78 is 16.8. The van der Waals surface area contributed by atoms with Crippen LogP contribution in [0.3, 0.4) is 0 Å². The molecule has 0 aliphatic carbocycles. The number of halogens is 3. The molecule has 0 bridgehead atoms. The van der Waals surface area contributed by atoms with Gasteiger partial charge in [0.05, 0.1) is 8.59 Å². The van der Waals surface area contributed by atoms with Gasteiger partial charge in [-0.25, -0.2) is 4.98 Å². The van der Waals surface area contributed by atoms with Gasteiger partial charge in [0.15, 0.2) is 12.0 Å². The molecule has 0 spiro atoms. The van der Waals surface area contributed by atoms with Gasteiger partial charge < -0.3 is 14.2 Å². The molecule has 1 aromatic carbocycles. The first-order valence-corrected chi connectivity index (χ1v) is 7.53. The van der Waals surface area contributed by atoms with Crippen molar-refractivity contribution >= 4 is 56.7 Å². The van der Waals surface area contributed by atoms with Crippen molar-refractivity contribution in [1.29, 1.82) is 0 Å². The van der Waals surface area contributed by atoms with E-state index in [-0.39, 0.29) is 6.61 Å². The number of methoxy groups -OCH3 is 2. The number of fused-ring (bicyclic) bond motifs is 1. The Labute approximate surface area is 140 Å². The van der Waals surface area contributed by atoms with Crippen molar-refractivity contribution in [2.75, 3.05) is 20.8 Å². The van der Waals surface area contributed by atoms with Gasteiger partial charge in [-0.1, -0.05) is 23.2 Å². The number of benzene rings is 1. The number of ether oxygens (including phenoxy) is 3. The molecule has 4 nitrogen and oxygen atoms in total. The molecule has 20 heavy (non-hydrogen) atoms. The molecule has 0 fully saturated rings. The van der Waals surface area contributed by atoms with Crippen LogP contribution in [0.1, 0.15) is 0 Å². The van der Waals surface area contributed by atoms with Gasteiger partial charge in [-0.15, -0.1) is 0 Å². The summed E-state index contributed by atoms with van der Waals surface area (Å²) in [4.78, 5) is 4.30. The third-order valence-electron chi connectivity index (χ3n) is 2.69. The molecular formula is C13H12Cl2INO3. The SMILES string of the molecule is COC(COc1c(I)cc(Cl)c2ccc(Cl)nc12)OC. The van der Waals surface area contributed by atoms with E-state index in [4.69, 9.17) is 37.4 Å². The molecule has 1 heterocycles. The quantitative estimate of drug-likeness (QED) is 0.408. The van der Waals surface area contributed by atoms with E-state index in [9.17, 15) is 0 Å². The lowest BCUT2D eigenvalue weighted by Gasteiger charge is -2.16. The van der Waals surface area contributed by atoms with Crippen LogP contribution in [0.5, 0.6) is 5.75 Å². The van der Waals surface area contributed by atoms with Gasteiger partial charge in [-0.3, -0.25) is 0 Å². The first-order chi connectivity index (χ1) is 9.56. The van der Waals surface area contributed by atoms with Crippen molar-refractivity contribution in [2.24, 2.45) is 0 Å². The summed E-state index contributed by atoms with van der Waals surface area (Å²) in [6.45, 7) is 0.244. The van der Waals surface area contributed by atoms with E-state index in [2.05, 4.69) is 27.6 Å². The minimum atomic E-state index is -0.448. The smallest absolute Gasteiger partial charge is 0.191 e. The molecule has 108 valence electrons. The van der Waals surface area contributed by atoms with Gasteiger partial charge in [0.2, 0.25) is 0 Å². The van der Waals surface area contributed by atoms with Gasteiger partial charge >= 0.3 is 0 Å². The Morgan fingerprint density at radius 2 is 1.95 bits per heavy atom. The highest BCUT2D eigenvalue weighted by Crippen LogP contribution is 2.35. The summed E-state index contributed by atoms with van der Waals surface area (Å²) >= 11 is 14.3. The number of nitrogens with zero attached hydrogens (tertiary/aromatic N) is 1. The Morgan fingerprint density at radius 3 is 2.60 bits per heavy atom. The molecule has 0 atom stereocenters. The Bertz CT molecular complexity index is 620. The van der Waals surface area contributed by atoms with Crippen LogP contribution in [0.15, 0.2) is 18.2 Å². The van der Waals surface area contributed by atoms with Crippen LogP contribution < -0.4 is 4.74 Å². The van der Waals surface area contributed by atoms with Crippen molar-refractivity contribution in [2.45, 2.75) is 6.29 Å². The minimum Gasteiger partial charge on any atom is -0.485 e. The maximum Gasteiger partial charge on any atom is 0.191 e. The van der Waals surface area contributed by atoms with Crippen LogP contribution in [-0.2, 0) is 9.47 Å². The summed E-state index contributed by atoms with van der Waals surface area (Å²) in [6.07, 6.45) is -0.448. The molecule has 0 N–H and O–H groups in total. The highest BCUT2D eigenvalue weighted by Gasteiger charge is 2.15. The van der Waals surface area contributed by atoms with E-state index in [1.54, 1.807) is 20.3 Å². The summed E-state index contributed by atoms with van der Waals surface area (Å²) in [6, 6.07) is 5.34. The zero-order valence-electron chi connectivity index (χ0n) is 10.8. The summed E-state index contributed by atoms with van der Waals surface area (Å²) in [7, 11) is 3.11. The van der Waals surface area contributed by atoms with Gasteiger partial charge in [0, 0.05) is 19.6 Å². The Morgan fingerprint density at radius 1 is 1.25 bits per heavy atom. The topological polar surface area (TPSA) is 40.6 Å². The zero-order valence-corrected chi connectivity index (χ0v) is 14.5. The predicted octanol–water partition coefficient (Wildman–Crippen LogP) is 4.14. The van der Waals surface area contributed by atoms with Crippen molar-refractivity contribution in [3.8, 4) is 5.75 Å². The van der Waals surface area contributed by atoms with Crippen molar-refractivity contribution < 1.29 is 14.2 Å². The van der Waals surface area contributed by atoms with Crippen LogP contribution in [0.25, 0.3) is 10.9 Å². The number of rotatable bonds is 5. The summed E-state index contributed by atoms with van der Waals surface area (Å²) in [5, 5.41) is 1.78. The van der Waals surface area contributed by atoms with Crippen LogP contribution in [0.2, 0.25) is 10.2 Å². The molecule has 0 saturated carbocycles. The average molecular weight is 428 g/mol. The van der Waals surface area contributed by atoms with Gasteiger partial charge in [0.25, 0.3) is 0 Å². The van der Waals surface area contributed by atoms with Gasteiger partial charge in [-0.2, -0.15) is 0 Å². The maximum atomic E-state index is 6.21. The Balaban J connectivity index is 2.43. The highest BCUT2D eigenvalue weighted by molar-refractivity contribution is 14.1. The number of aromatic nitrogens is 1. The second-order valence-corrected chi connectivity index (χ2v) is 5.87. The number of hydrogen-bond donors (Lipinski definition) is 0. The molecule has 0 amide bonds. The highest BCUT2D eigenvalue weighted by atomic mass is 127. The molecule has 0 aliphatic heterocycles. The number of pyridine rings is 1. The largest absolute Gasteiger partial charge is 0.485 e. The van der Waals surface area contributed by atoms with E-state index in [1.807, 2.05) is 12.1 Å². The van der Waals surface area contributed by atoms with E-state index in [0.717, 1.165) is 8.96 Å². The fraction of sp³-hybridized carbons (Fsp3) is 0.308. The first kappa shape index (κ1) is 16.0. The van der Waals surface area contributed by atoms with Crippen LogP contribution >= 0.6 is 45.8 Å². The fourth-order valence-electron chi connectivity index (χ4n) is 1.69. The normalized spacial score (nSPS) is 11.3. The van der Waals surface area contributed by atoms with Crippen LogP contribution in [0, 0.1) is 3.57 Å². The van der Waals surface area contributed by atoms with E-state index in [1.165, 1.54) is 0 Å². The summed E-state index contributed by atoms with van der Waals surface area (Å²) in [5.74, 6) is 0.617. The minimum absolute atomic E-state index is 0.244. The lowest BCUT2D eigenvalue weighted by molar-refractivity contribution is -0.121. The van der Waals surface area contributed by atoms with E-state index < -0.39 is 6.29 Å². The molecule has 7 heteroatoms. The average Bonchev–Trinajstić information content (AvgIpc) is 2.42. The molecule has 0 unspecified atom stereocenters. The van der Waals surface area contributed by atoms with Crippen molar-refractivity contribution in [3.63, 3.8) is 0 Å². The third kappa shape index (κ3) is 3.46. The zero-order chi connectivity index (χ0) is 14.7. The van der Waals surface area contributed by atoms with E-state index in [0.29, 0.717) is 21.4 Å². The molecule has 0 saturated heterocycles. The van der Waals surface area contributed by atoms with Gasteiger partial charge in [0.1, 0.15) is 17.3 Å². The third-order valence-corrected chi connectivity index (χ3v) is 4.02. The second kappa shape index (κ2) is 7.09. The van der Waals surface area contributed by atoms with Gasteiger partial charge in [-0.05, 0) is 40.8 Å². The summed E-state index contributed by atoms with van der Waals surface area (Å²) in [5.41, 5.74) is 0.625. The molecule has 0 radical (unpaired) electrons. The molecule has 1 aromatic heterocycles. The maximum absolute atomic E-state index is 6.21. The van der Waals surface area contributed by atoms with Crippen molar-refractivity contribution in [1.82, 2.24) is 4.98 Å². The van der Waals surface area contributed by atoms with Crippen LogP contribution in [-0.4, -0.2) is 32.1 Å². The molecule has 2 rings (SSSR count). The fourth-order valence-corrected chi connectivity index (χ4v) is 3.01. The molecule has 0 aliphatic rings. The van der Waals surface area contributed by atoms with Crippen LogP contribution in [0.4, 0.5) is 0 Å². The van der Waals surface area contributed by atoms with Crippen molar-refractivity contribution in [3.05, 3.63) is 31.9 Å². The monoisotopic (exact) mass is 427 g/mol. The Hall–Kier alpha value is -0.340. The standard InChI is InChI=1S/C13H12Cl2INO3/c1-18-11(19-2)6-20-13-9(16)5-8(14)7-3-4-10(15)17-12(7)13/h3-5,11H,6H2,1-2H3. The lowest BCUT2D eigenvalue weighted by atomic mass is 10.2. The predicted molar refractivity (Wildman–Crippen MR) is 87.8 cm³/mol. The lowest BCUT2D eigenvalue weighted by Crippen LogP contribution is -2.22. The number of hydrogen-bond acceptors (Lipinski definition) is 4. The Kier molecular flexibility index (Phi) is 5.68. The first-order valence-electron chi connectivity index (χ1n) is 5.69. The molecular weight excluding hydrogens is 416 g/mol.